The molecule has 0 aliphatic carbocycles. The summed E-state index contributed by atoms with van der Waals surface area (Å²) in [4.78, 5) is 23.6. The van der Waals surface area contributed by atoms with Crippen LogP contribution in [0, 0.1) is 0 Å². The summed E-state index contributed by atoms with van der Waals surface area (Å²) in [7, 11) is 0. The molecule has 0 saturated heterocycles. The lowest BCUT2D eigenvalue weighted by Gasteiger charge is -2.04. The second kappa shape index (κ2) is 4.88. The van der Waals surface area contributed by atoms with E-state index < -0.39 is 5.97 Å². The zero-order valence-electron chi connectivity index (χ0n) is 11.7. The van der Waals surface area contributed by atoms with Crippen LogP contribution in [0.1, 0.15) is 10.4 Å². The molecule has 0 unspecified atom stereocenters. The molecule has 0 bridgehead atoms. The van der Waals surface area contributed by atoms with E-state index in [4.69, 9.17) is 19.0 Å². The molecule has 0 fully saturated rings. The summed E-state index contributed by atoms with van der Waals surface area (Å²) in [6.45, 7) is 0.156. The number of fused-ring (bicyclic) bond motifs is 2. The molecule has 6 nitrogen and oxygen atoms in total. The first kappa shape index (κ1) is 13.4. The van der Waals surface area contributed by atoms with Gasteiger partial charge in [-0.05, 0) is 35.9 Å². The van der Waals surface area contributed by atoms with Crippen molar-refractivity contribution in [3.63, 3.8) is 0 Å². The van der Waals surface area contributed by atoms with Gasteiger partial charge in [-0.25, -0.2) is 4.79 Å². The zero-order chi connectivity index (χ0) is 16.0. The molecular formula is C17H10O6. The number of benzene rings is 2. The van der Waals surface area contributed by atoms with E-state index in [1.165, 1.54) is 24.5 Å². The van der Waals surface area contributed by atoms with E-state index in [0.717, 1.165) is 0 Å². The highest BCUT2D eigenvalue weighted by Gasteiger charge is 2.17. The Hall–Kier alpha value is -3.28. The van der Waals surface area contributed by atoms with Crippen LogP contribution in [0.25, 0.3) is 22.1 Å². The van der Waals surface area contributed by atoms with Crippen molar-refractivity contribution in [1.29, 1.82) is 0 Å². The van der Waals surface area contributed by atoms with Crippen molar-refractivity contribution in [3.05, 3.63) is 58.4 Å². The maximum atomic E-state index is 12.6. The quantitative estimate of drug-likeness (QED) is 0.783. The predicted molar refractivity (Wildman–Crippen MR) is 81.0 cm³/mol. The molecule has 6 heteroatoms. The molecule has 0 amide bonds. The van der Waals surface area contributed by atoms with Crippen molar-refractivity contribution >= 4 is 16.9 Å². The van der Waals surface area contributed by atoms with Crippen LogP contribution in [0.5, 0.6) is 11.5 Å². The largest absolute Gasteiger partial charge is 0.478 e. The first-order valence-corrected chi connectivity index (χ1v) is 6.82. The minimum atomic E-state index is -1.07. The van der Waals surface area contributed by atoms with Gasteiger partial charge in [-0.3, -0.25) is 4.79 Å². The monoisotopic (exact) mass is 310 g/mol. The third-order valence-electron chi connectivity index (χ3n) is 3.71. The molecule has 0 radical (unpaired) electrons. The van der Waals surface area contributed by atoms with Gasteiger partial charge in [0.05, 0.1) is 16.5 Å². The van der Waals surface area contributed by atoms with Crippen LogP contribution < -0.4 is 14.9 Å². The van der Waals surface area contributed by atoms with Crippen LogP contribution in [0.15, 0.2) is 51.9 Å². The number of aromatic carboxylic acids is 1. The third kappa shape index (κ3) is 2.12. The molecule has 1 aliphatic heterocycles. The van der Waals surface area contributed by atoms with Crippen LogP contribution in [0.2, 0.25) is 0 Å². The topological polar surface area (TPSA) is 86.0 Å². The van der Waals surface area contributed by atoms with Crippen LogP contribution >= 0.6 is 0 Å². The molecule has 1 aromatic heterocycles. The molecule has 2 aromatic carbocycles. The molecular weight excluding hydrogens is 300 g/mol. The second-order valence-electron chi connectivity index (χ2n) is 5.06. The van der Waals surface area contributed by atoms with E-state index >= 15 is 0 Å². The Labute approximate surface area is 129 Å². The lowest BCUT2D eigenvalue weighted by atomic mass is 10.0. The van der Waals surface area contributed by atoms with Gasteiger partial charge >= 0.3 is 5.97 Å². The van der Waals surface area contributed by atoms with Gasteiger partial charge in [-0.15, -0.1) is 0 Å². The summed E-state index contributed by atoms with van der Waals surface area (Å²) < 4.78 is 16.0. The highest BCUT2D eigenvalue weighted by atomic mass is 16.7. The number of carboxylic acids is 1. The van der Waals surface area contributed by atoms with Crippen LogP contribution in [-0.2, 0) is 0 Å². The third-order valence-corrected chi connectivity index (χ3v) is 3.71. The Morgan fingerprint density at radius 2 is 1.87 bits per heavy atom. The fourth-order valence-electron chi connectivity index (χ4n) is 2.52. The van der Waals surface area contributed by atoms with E-state index in [1.54, 1.807) is 18.2 Å². The number of carbonyl (C=O) groups is 1. The molecule has 1 aliphatic rings. The zero-order valence-corrected chi connectivity index (χ0v) is 11.7. The Bertz CT molecular complexity index is 1000. The minimum Gasteiger partial charge on any atom is -0.478 e. The standard InChI is InChI=1S/C17H10O6/c18-16-11-3-1-10(17(19)20)6-14(11)21-7-12(16)9-2-4-13-15(5-9)23-8-22-13/h1-7H,8H2,(H,19,20). The van der Waals surface area contributed by atoms with Crippen LogP contribution in [0.3, 0.4) is 0 Å². The molecule has 0 spiro atoms. The average molecular weight is 310 g/mol. The second-order valence-corrected chi connectivity index (χ2v) is 5.06. The smallest absolute Gasteiger partial charge is 0.335 e. The fraction of sp³-hybridized carbons (Fsp3) is 0.0588. The molecule has 114 valence electrons. The van der Waals surface area contributed by atoms with E-state index in [-0.39, 0.29) is 23.4 Å². The SMILES string of the molecule is O=C(O)c1ccc2c(=O)c(-c3ccc4c(c3)OCO4)coc2c1. The molecule has 0 saturated carbocycles. The number of hydrogen-bond donors (Lipinski definition) is 1. The molecule has 2 heterocycles. The number of hydrogen-bond acceptors (Lipinski definition) is 5. The molecule has 0 atom stereocenters. The van der Waals surface area contributed by atoms with Crippen LogP contribution in [0.4, 0.5) is 0 Å². The van der Waals surface area contributed by atoms with Crippen molar-refractivity contribution in [2.45, 2.75) is 0 Å². The van der Waals surface area contributed by atoms with Gasteiger partial charge in [0.1, 0.15) is 11.8 Å². The molecule has 1 N–H and O–H groups in total. The first-order chi connectivity index (χ1) is 11.1. The summed E-state index contributed by atoms with van der Waals surface area (Å²) in [5.41, 5.74) is 1.09. The van der Waals surface area contributed by atoms with Gasteiger partial charge in [-0.1, -0.05) is 6.07 Å². The van der Waals surface area contributed by atoms with Crippen LogP contribution in [-0.4, -0.2) is 17.9 Å². The van der Waals surface area contributed by atoms with Crippen molar-refractivity contribution in [2.24, 2.45) is 0 Å². The van der Waals surface area contributed by atoms with E-state index in [9.17, 15) is 9.59 Å². The van der Waals surface area contributed by atoms with Gasteiger partial charge in [0.15, 0.2) is 16.9 Å². The van der Waals surface area contributed by atoms with E-state index in [0.29, 0.717) is 28.0 Å². The lowest BCUT2D eigenvalue weighted by molar-refractivity contribution is 0.0697. The van der Waals surface area contributed by atoms with Gasteiger partial charge in [-0.2, -0.15) is 0 Å². The van der Waals surface area contributed by atoms with Crippen molar-refractivity contribution in [1.82, 2.24) is 0 Å². The van der Waals surface area contributed by atoms with Gasteiger partial charge in [0.2, 0.25) is 6.79 Å². The summed E-state index contributed by atoms with van der Waals surface area (Å²) in [5, 5.41) is 9.31. The number of ether oxygens (including phenoxy) is 2. The Morgan fingerprint density at radius 1 is 1.04 bits per heavy atom. The Morgan fingerprint density at radius 3 is 2.70 bits per heavy atom. The van der Waals surface area contributed by atoms with E-state index in [2.05, 4.69) is 0 Å². The normalized spacial score (nSPS) is 12.5. The average Bonchev–Trinajstić information content (AvgIpc) is 3.02. The highest BCUT2D eigenvalue weighted by molar-refractivity contribution is 5.93. The van der Waals surface area contributed by atoms with Crippen molar-refractivity contribution < 1.29 is 23.8 Å². The fourth-order valence-corrected chi connectivity index (χ4v) is 2.52. The summed E-state index contributed by atoms with van der Waals surface area (Å²) in [6, 6.07) is 9.37. The van der Waals surface area contributed by atoms with Crippen molar-refractivity contribution in [2.75, 3.05) is 6.79 Å². The van der Waals surface area contributed by atoms with Gasteiger partial charge in [0.25, 0.3) is 0 Å². The van der Waals surface area contributed by atoms with Gasteiger partial charge in [0, 0.05) is 0 Å². The maximum absolute atomic E-state index is 12.6. The molecule has 23 heavy (non-hydrogen) atoms. The first-order valence-electron chi connectivity index (χ1n) is 6.82. The molecule has 4 rings (SSSR count). The van der Waals surface area contributed by atoms with E-state index in [1.807, 2.05) is 0 Å². The predicted octanol–water partition coefficient (Wildman–Crippen LogP) is 2.89. The lowest BCUT2D eigenvalue weighted by Crippen LogP contribution is -2.06. The Balaban J connectivity index is 1.88. The minimum absolute atomic E-state index is 0.0662. The van der Waals surface area contributed by atoms with Crippen molar-refractivity contribution in [3.8, 4) is 22.6 Å². The summed E-state index contributed by atoms with van der Waals surface area (Å²) >= 11 is 0. The summed E-state index contributed by atoms with van der Waals surface area (Å²) in [6.07, 6.45) is 1.33. The summed E-state index contributed by atoms with van der Waals surface area (Å²) in [5.74, 6) is 0.127. The number of rotatable bonds is 2. The van der Waals surface area contributed by atoms with Gasteiger partial charge < -0.3 is 19.0 Å². The highest BCUT2D eigenvalue weighted by Crippen LogP contribution is 2.35. The number of carboxylic acid groups (broad SMARTS) is 1. The Kier molecular flexibility index (Phi) is 2.84. The molecule has 3 aromatic rings. The maximum Gasteiger partial charge on any atom is 0.335 e.